The standard InChI is InChI=1S/C23H14ClN3O5/c24-15-6-4-13(5-7-15)23(28)31-17-8-9-18-20(11-17)32-22(26)19(12-25)21(18)14-2-1-3-16(10-14)27(29)30/h1-11,21H,26H2. The molecular weight excluding hydrogens is 434 g/mol. The Balaban J connectivity index is 1.71. The van der Waals surface area contributed by atoms with Crippen molar-refractivity contribution in [3.05, 3.63) is 110 Å². The first-order chi connectivity index (χ1) is 15.4. The number of non-ortho nitro benzene ring substituents is 1. The molecule has 8 nitrogen and oxygen atoms in total. The number of nitro groups is 1. The number of esters is 1. The zero-order valence-electron chi connectivity index (χ0n) is 16.3. The van der Waals surface area contributed by atoms with Crippen molar-refractivity contribution in [3.63, 3.8) is 0 Å². The summed E-state index contributed by atoms with van der Waals surface area (Å²) in [6.07, 6.45) is 0. The summed E-state index contributed by atoms with van der Waals surface area (Å²) < 4.78 is 11.0. The number of ether oxygens (including phenoxy) is 2. The van der Waals surface area contributed by atoms with Gasteiger partial charge in [-0.2, -0.15) is 5.26 Å². The van der Waals surface area contributed by atoms with Gasteiger partial charge in [0, 0.05) is 28.8 Å². The minimum atomic E-state index is -0.676. The minimum Gasteiger partial charge on any atom is -0.440 e. The highest BCUT2D eigenvalue weighted by molar-refractivity contribution is 6.30. The van der Waals surface area contributed by atoms with E-state index >= 15 is 0 Å². The number of nitriles is 1. The summed E-state index contributed by atoms with van der Waals surface area (Å²) in [4.78, 5) is 23.1. The highest BCUT2D eigenvalue weighted by Crippen LogP contribution is 2.44. The zero-order chi connectivity index (χ0) is 22.8. The Morgan fingerprint density at radius 3 is 2.59 bits per heavy atom. The Kier molecular flexibility index (Phi) is 5.50. The molecule has 1 atom stereocenters. The fraction of sp³-hybridized carbons (Fsp3) is 0.0435. The van der Waals surface area contributed by atoms with Gasteiger partial charge < -0.3 is 15.2 Å². The lowest BCUT2D eigenvalue weighted by Crippen LogP contribution is -2.21. The molecule has 4 rings (SSSR count). The van der Waals surface area contributed by atoms with Crippen LogP contribution in [0.2, 0.25) is 5.02 Å². The van der Waals surface area contributed by atoms with E-state index in [1.54, 1.807) is 30.3 Å². The van der Waals surface area contributed by atoms with Crippen molar-refractivity contribution in [2.24, 2.45) is 5.73 Å². The molecule has 0 amide bonds. The monoisotopic (exact) mass is 447 g/mol. The molecule has 0 saturated carbocycles. The Morgan fingerprint density at radius 2 is 1.91 bits per heavy atom. The molecule has 1 heterocycles. The van der Waals surface area contributed by atoms with E-state index in [2.05, 4.69) is 0 Å². The largest absolute Gasteiger partial charge is 0.440 e. The average molecular weight is 448 g/mol. The predicted octanol–water partition coefficient (Wildman–Crippen LogP) is 4.69. The number of halogens is 1. The van der Waals surface area contributed by atoms with Gasteiger partial charge in [0.05, 0.1) is 16.4 Å². The third kappa shape index (κ3) is 3.97. The third-order valence-electron chi connectivity index (χ3n) is 4.90. The molecule has 0 aromatic heterocycles. The number of fused-ring (bicyclic) bond motifs is 1. The number of nitrogens with two attached hydrogens (primary N) is 1. The van der Waals surface area contributed by atoms with Gasteiger partial charge in [-0.1, -0.05) is 29.8 Å². The maximum Gasteiger partial charge on any atom is 0.343 e. The molecular formula is C23H14ClN3O5. The van der Waals surface area contributed by atoms with Crippen LogP contribution in [0.1, 0.15) is 27.4 Å². The summed E-state index contributed by atoms with van der Waals surface area (Å²) in [6, 6.07) is 18.9. The molecule has 9 heteroatoms. The fourth-order valence-electron chi connectivity index (χ4n) is 3.41. The van der Waals surface area contributed by atoms with Gasteiger partial charge in [0.25, 0.3) is 5.69 Å². The van der Waals surface area contributed by atoms with E-state index in [4.69, 9.17) is 26.8 Å². The Bertz CT molecular complexity index is 1310. The zero-order valence-corrected chi connectivity index (χ0v) is 17.1. The lowest BCUT2D eigenvalue weighted by atomic mass is 9.83. The summed E-state index contributed by atoms with van der Waals surface area (Å²) in [5.74, 6) is -0.912. The highest BCUT2D eigenvalue weighted by atomic mass is 35.5. The molecule has 1 aliphatic heterocycles. The molecule has 2 N–H and O–H groups in total. The topological polar surface area (TPSA) is 128 Å². The summed E-state index contributed by atoms with van der Waals surface area (Å²) in [5.41, 5.74) is 7.36. The lowest BCUT2D eigenvalue weighted by molar-refractivity contribution is -0.384. The quantitative estimate of drug-likeness (QED) is 0.266. The normalized spacial score (nSPS) is 14.7. The second-order valence-electron chi connectivity index (χ2n) is 6.87. The Hall–Kier alpha value is -4.35. The van der Waals surface area contributed by atoms with Crippen LogP contribution in [0.4, 0.5) is 5.69 Å². The van der Waals surface area contributed by atoms with E-state index in [0.29, 0.717) is 21.7 Å². The van der Waals surface area contributed by atoms with Crippen molar-refractivity contribution in [3.8, 4) is 17.6 Å². The van der Waals surface area contributed by atoms with Crippen LogP contribution >= 0.6 is 11.6 Å². The smallest absolute Gasteiger partial charge is 0.343 e. The number of rotatable bonds is 4. The van der Waals surface area contributed by atoms with E-state index in [-0.39, 0.29) is 28.6 Å². The Labute approximate surface area is 187 Å². The number of hydrogen-bond acceptors (Lipinski definition) is 7. The Morgan fingerprint density at radius 1 is 1.16 bits per heavy atom. The summed E-state index contributed by atoms with van der Waals surface area (Å²) in [6.45, 7) is 0. The first kappa shape index (κ1) is 20.9. The van der Waals surface area contributed by atoms with Crippen LogP contribution in [0.25, 0.3) is 0 Å². The molecule has 0 saturated heterocycles. The minimum absolute atomic E-state index is 0.111. The van der Waals surface area contributed by atoms with Crippen LogP contribution in [0.3, 0.4) is 0 Å². The van der Waals surface area contributed by atoms with Crippen LogP contribution in [0.5, 0.6) is 11.5 Å². The maximum absolute atomic E-state index is 12.4. The number of carbonyl (C=O) groups is 1. The van der Waals surface area contributed by atoms with Crippen LogP contribution in [0.15, 0.2) is 78.2 Å². The van der Waals surface area contributed by atoms with Crippen molar-refractivity contribution < 1.29 is 19.2 Å². The molecule has 158 valence electrons. The first-order valence-corrected chi connectivity index (χ1v) is 9.69. The predicted molar refractivity (Wildman–Crippen MR) is 115 cm³/mol. The van der Waals surface area contributed by atoms with Crippen molar-refractivity contribution in [2.75, 3.05) is 0 Å². The highest BCUT2D eigenvalue weighted by Gasteiger charge is 2.32. The van der Waals surface area contributed by atoms with Gasteiger partial charge in [-0.3, -0.25) is 10.1 Å². The van der Waals surface area contributed by atoms with E-state index in [1.807, 2.05) is 6.07 Å². The number of nitro benzene ring substituents is 1. The van der Waals surface area contributed by atoms with Crippen LogP contribution in [-0.4, -0.2) is 10.9 Å². The van der Waals surface area contributed by atoms with Crippen LogP contribution in [-0.2, 0) is 0 Å². The maximum atomic E-state index is 12.4. The van der Waals surface area contributed by atoms with E-state index in [9.17, 15) is 20.2 Å². The van der Waals surface area contributed by atoms with E-state index < -0.39 is 16.8 Å². The van der Waals surface area contributed by atoms with Crippen molar-refractivity contribution >= 4 is 23.3 Å². The SMILES string of the molecule is N#CC1=C(N)Oc2cc(OC(=O)c3ccc(Cl)cc3)ccc2C1c1cccc([N+](=O)[O-])c1. The molecule has 3 aromatic rings. The van der Waals surface area contributed by atoms with Crippen LogP contribution < -0.4 is 15.2 Å². The number of hydrogen-bond donors (Lipinski definition) is 1. The summed E-state index contributed by atoms with van der Waals surface area (Å²) in [7, 11) is 0. The lowest BCUT2D eigenvalue weighted by Gasteiger charge is -2.26. The summed E-state index contributed by atoms with van der Waals surface area (Å²) in [5, 5.41) is 21.3. The molecule has 3 aromatic carbocycles. The molecule has 0 radical (unpaired) electrons. The van der Waals surface area contributed by atoms with Crippen molar-refractivity contribution in [1.82, 2.24) is 0 Å². The van der Waals surface area contributed by atoms with E-state index in [1.165, 1.54) is 36.4 Å². The fourth-order valence-corrected chi connectivity index (χ4v) is 3.54. The van der Waals surface area contributed by atoms with Gasteiger partial charge in [-0.05, 0) is 35.9 Å². The molecule has 32 heavy (non-hydrogen) atoms. The van der Waals surface area contributed by atoms with Gasteiger partial charge in [0.1, 0.15) is 23.1 Å². The molecule has 0 fully saturated rings. The average Bonchev–Trinajstić information content (AvgIpc) is 2.78. The molecule has 0 bridgehead atoms. The third-order valence-corrected chi connectivity index (χ3v) is 5.15. The van der Waals surface area contributed by atoms with Gasteiger partial charge in [0.15, 0.2) is 0 Å². The molecule has 1 aliphatic rings. The van der Waals surface area contributed by atoms with Gasteiger partial charge in [-0.25, -0.2) is 4.79 Å². The van der Waals surface area contributed by atoms with Gasteiger partial charge in [0.2, 0.25) is 5.88 Å². The summed E-state index contributed by atoms with van der Waals surface area (Å²) >= 11 is 5.84. The van der Waals surface area contributed by atoms with E-state index in [0.717, 1.165) is 0 Å². The number of allylic oxidation sites excluding steroid dienone is 1. The van der Waals surface area contributed by atoms with Gasteiger partial charge >= 0.3 is 5.97 Å². The molecule has 0 spiro atoms. The van der Waals surface area contributed by atoms with Crippen LogP contribution in [0, 0.1) is 21.4 Å². The number of benzene rings is 3. The number of carbonyl (C=O) groups excluding carboxylic acids is 1. The van der Waals surface area contributed by atoms with Crippen molar-refractivity contribution in [2.45, 2.75) is 5.92 Å². The van der Waals surface area contributed by atoms with Crippen molar-refractivity contribution in [1.29, 1.82) is 5.26 Å². The second-order valence-corrected chi connectivity index (χ2v) is 7.31. The molecule has 1 unspecified atom stereocenters. The number of nitrogens with zero attached hydrogens (tertiary/aromatic N) is 2. The second kappa shape index (κ2) is 8.41. The van der Waals surface area contributed by atoms with Gasteiger partial charge in [-0.15, -0.1) is 0 Å². The first-order valence-electron chi connectivity index (χ1n) is 9.31. The molecule has 0 aliphatic carbocycles.